The van der Waals surface area contributed by atoms with E-state index < -0.39 is 10.0 Å². The summed E-state index contributed by atoms with van der Waals surface area (Å²) in [5.74, 6) is -0.00404. The van der Waals surface area contributed by atoms with E-state index >= 15 is 0 Å². The SMILES string of the molecule is Cc1ncc(CNC(=O)c2ccc(N3CCCS3(=O)=O)cc2)s1. The number of hydrogen-bond acceptors (Lipinski definition) is 5. The molecule has 1 aromatic heterocycles. The van der Waals surface area contributed by atoms with Crippen LogP contribution in [-0.4, -0.2) is 31.6 Å². The Kier molecular flexibility index (Phi) is 4.36. The van der Waals surface area contributed by atoms with Gasteiger partial charge in [-0.15, -0.1) is 11.3 Å². The number of rotatable bonds is 4. The van der Waals surface area contributed by atoms with Crippen LogP contribution in [0.15, 0.2) is 30.5 Å². The van der Waals surface area contributed by atoms with Crippen LogP contribution in [-0.2, 0) is 16.6 Å². The smallest absolute Gasteiger partial charge is 0.251 e. The summed E-state index contributed by atoms with van der Waals surface area (Å²) in [6.45, 7) is 2.85. The zero-order valence-electron chi connectivity index (χ0n) is 12.7. The van der Waals surface area contributed by atoms with Gasteiger partial charge in [-0.05, 0) is 37.6 Å². The highest BCUT2D eigenvalue weighted by Gasteiger charge is 2.28. The predicted molar refractivity (Wildman–Crippen MR) is 90.2 cm³/mol. The van der Waals surface area contributed by atoms with Crippen molar-refractivity contribution < 1.29 is 13.2 Å². The molecule has 1 N–H and O–H groups in total. The molecule has 1 fully saturated rings. The number of carbonyl (C=O) groups excluding carboxylic acids is 1. The van der Waals surface area contributed by atoms with Crippen LogP contribution in [0.5, 0.6) is 0 Å². The Morgan fingerprint density at radius 1 is 1.35 bits per heavy atom. The maximum absolute atomic E-state index is 12.1. The Labute approximate surface area is 139 Å². The van der Waals surface area contributed by atoms with E-state index in [1.54, 1.807) is 41.8 Å². The first-order chi connectivity index (χ1) is 11.0. The maximum Gasteiger partial charge on any atom is 0.251 e. The molecule has 1 aliphatic heterocycles. The van der Waals surface area contributed by atoms with E-state index in [9.17, 15) is 13.2 Å². The molecular formula is C15H17N3O3S2. The predicted octanol–water partition coefficient (Wildman–Crippen LogP) is 1.92. The largest absolute Gasteiger partial charge is 0.347 e. The number of benzene rings is 1. The third-order valence-electron chi connectivity index (χ3n) is 3.61. The topological polar surface area (TPSA) is 79.4 Å². The molecule has 0 saturated carbocycles. The van der Waals surface area contributed by atoms with Gasteiger partial charge in [0.1, 0.15) is 0 Å². The molecule has 1 aromatic carbocycles. The van der Waals surface area contributed by atoms with Gasteiger partial charge in [0.25, 0.3) is 5.91 Å². The molecule has 1 amide bonds. The van der Waals surface area contributed by atoms with Gasteiger partial charge in [-0.2, -0.15) is 0 Å². The third-order valence-corrected chi connectivity index (χ3v) is 6.39. The van der Waals surface area contributed by atoms with E-state index in [1.807, 2.05) is 6.92 Å². The fourth-order valence-electron chi connectivity index (χ4n) is 2.47. The minimum atomic E-state index is -3.19. The molecule has 3 rings (SSSR count). The molecule has 0 bridgehead atoms. The van der Waals surface area contributed by atoms with Gasteiger partial charge < -0.3 is 5.32 Å². The van der Waals surface area contributed by atoms with Gasteiger partial charge in [0, 0.05) is 23.2 Å². The number of aryl methyl sites for hydroxylation is 1. The molecule has 0 unspecified atom stereocenters. The number of sulfonamides is 1. The van der Waals surface area contributed by atoms with Crippen molar-refractivity contribution in [3.63, 3.8) is 0 Å². The van der Waals surface area contributed by atoms with E-state index in [-0.39, 0.29) is 11.7 Å². The van der Waals surface area contributed by atoms with Crippen LogP contribution in [0.2, 0.25) is 0 Å². The third kappa shape index (κ3) is 3.53. The highest BCUT2D eigenvalue weighted by atomic mass is 32.2. The highest BCUT2D eigenvalue weighted by Crippen LogP contribution is 2.24. The molecule has 2 heterocycles. The first-order valence-corrected chi connectivity index (χ1v) is 9.68. The van der Waals surface area contributed by atoms with E-state index in [4.69, 9.17) is 0 Å². The van der Waals surface area contributed by atoms with Gasteiger partial charge in [0.2, 0.25) is 10.0 Å². The van der Waals surface area contributed by atoms with Gasteiger partial charge in [0.15, 0.2) is 0 Å². The molecule has 1 saturated heterocycles. The molecule has 0 aliphatic carbocycles. The minimum Gasteiger partial charge on any atom is -0.347 e. The number of nitrogens with zero attached hydrogens (tertiary/aromatic N) is 2. The first-order valence-electron chi connectivity index (χ1n) is 7.26. The average molecular weight is 351 g/mol. The molecular weight excluding hydrogens is 334 g/mol. The number of thiazole rings is 1. The molecule has 0 atom stereocenters. The van der Waals surface area contributed by atoms with Gasteiger partial charge in [-0.1, -0.05) is 0 Å². The van der Waals surface area contributed by atoms with Crippen molar-refractivity contribution in [1.82, 2.24) is 10.3 Å². The second-order valence-electron chi connectivity index (χ2n) is 5.32. The summed E-state index contributed by atoms with van der Waals surface area (Å²) < 4.78 is 25.2. The van der Waals surface area contributed by atoms with Crippen LogP contribution in [0, 0.1) is 6.92 Å². The fourth-order valence-corrected chi connectivity index (χ4v) is 4.76. The molecule has 8 heteroatoms. The Morgan fingerprint density at radius 3 is 2.65 bits per heavy atom. The number of amides is 1. The van der Waals surface area contributed by atoms with Crippen molar-refractivity contribution in [2.45, 2.75) is 19.9 Å². The summed E-state index contributed by atoms with van der Waals surface area (Å²) in [5.41, 5.74) is 1.11. The quantitative estimate of drug-likeness (QED) is 0.913. The van der Waals surface area contributed by atoms with Crippen molar-refractivity contribution >= 4 is 33.0 Å². The molecule has 1 aliphatic rings. The maximum atomic E-state index is 12.1. The van der Waals surface area contributed by atoms with Crippen molar-refractivity contribution in [1.29, 1.82) is 0 Å². The van der Waals surface area contributed by atoms with Gasteiger partial charge in [0.05, 0.1) is 23.0 Å². The standard InChI is InChI=1S/C15H17N3O3S2/c1-11-16-9-14(22-11)10-17-15(19)12-3-5-13(6-4-12)18-7-2-8-23(18,20)21/h3-6,9H,2,7-8,10H2,1H3,(H,17,19). The summed E-state index contributed by atoms with van der Waals surface area (Å²) in [4.78, 5) is 17.3. The molecule has 6 nitrogen and oxygen atoms in total. The zero-order valence-corrected chi connectivity index (χ0v) is 14.3. The average Bonchev–Trinajstić information content (AvgIpc) is 3.10. The van der Waals surface area contributed by atoms with E-state index in [2.05, 4.69) is 10.3 Å². The van der Waals surface area contributed by atoms with Crippen LogP contribution in [0.1, 0.15) is 26.7 Å². The summed E-state index contributed by atoms with van der Waals surface area (Å²) in [5, 5.41) is 3.80. The molecule has 23 heavy (non-hydrogen) atoms. The molecule has 122 valence electrons. The lowest BCUT2D eigenvalue weighted by Gasteiger charge is -2.17. The first kappa shape index (κ1) is 15.9. The molecule has 2 aromatic rings. The summed E-state index contributed by atoms with van der Waals surface area (Å²) in [7, 11) is -3.19. The number of carbonyl (C=O) groups is 1. The van der Waals surface area contributed by atoms with Crippen molar-refractivity contribution in [2.75, 3.05) is 16.6 Å². The fraction of sp³-hybridized carbons (Fsp3) is 0.333. The lowest BCUT2D eigenvalue weighted by Crippen LogP contribution is -2.25. The van der Waals surface area contributed by atoms with Crippen molar-refractivity contribution in [3.8, 4) is 0 Å². The number of aromatic nitrogens is 1. The molecule has 0 spiro atoms. The van der Waals surface area contributed by atoms with Crippen LogP contribution in [0.3, 0.4) is 0 Å². The number of anilines is 1. The second kappa shape index (κ2) is 6.29. The Morgan fingerprint density at radius 2 is 2.09 bits per heavy atom. The van der Waals surface area contributed by atoms with Crippen LogP contribution in [0.4, 0.5) is 5.69 Å². The molecule has 0 radical (unpaired) electrons. The monoisotopic (exact) mass is 351 g/mol. The Bertz CT molecular complexity index is 813. The number of hydrogen-bond donors (Lipinski definition) is 1. The Balaban J connectivity index is 1.66. The summed E-state index contributed by atoms with van der Waals surface area (Å²) in [6.07, 6.45) is 2.39. The van der Waals surface area contributed by atoms with Crippen LogP contribution < -0.4 is 9.62 Å². The minimum absolute atomic E-state index is 0.184. The van der Waals surface area contributed by atoms with Crippen molar-refractivity contribution in [2.24, 2.45) is 0 Å². The van der Waals surface area contributed by atoms with Gasteiger partial charge in [-0.3, -0.25) is 9.10 Å². The van der Waals surface area contributed by atoms with E-state index in [0.717, 1.165) is 9.88 Å². The lowest BCUT2D eigenvalue weighted by molar-refractivity contribution is 0.0951. The van der Waals surface area contributed by atoms with Crippen LogP contribution >= 0.6 is 11.3 Å². The van der Waals surface area contributed by atoms with Crippen LogP contribution in [0.25, 0.3) is 0 Å². The highest BCUT2D eigenvalue weighted by molar-refractivity contribution is 7.93. The van der Waals surface area contributed by atoms with Gasteiger partial charge in [-0.25, -0.2) is 13.4 Å². The van der Waals surface area contributed by atoms with E-state index in [0.29, 0.717) is 30.8 Å². The summed E-state index contributed by atoms with van der Waals surface area (Å²) >= 11 is 1.54. The van der Waals surface area contributed by atoms with Crippen molar-refractivity contribution in [3.05, 3.63) is 45.9 Å². The normalized spacial score (nSPS) is 16.5. The second-order valence-corrected chi connectivity index (χ2v) is 8.65. The lowest BCUT2D eigenvalue weighted by atomic mass is 10.2. The zero-order chi connectivity index (χ0) is 16.4. The Hall–Kier alpha value is -1.93. The van der Waals surface area contributed by atoms with Gasteiger partial charge >= 0.3 is 0 Å². The number of nitrogens with one attached hydrogen (secondary N) is 1. The summed E-state index contributed by atoms with van der Waals surface area (Å²) in [6, 6.07) is 6.65. The van der Waals surface area contributed by atoms with E-state index in [1.165, 1.54) is 4.31 Å².